The van der Waals surface area contributed by atoms with Crippen LogP contribution in [0.2, 0.25) is 0 Å². The van der Waals surface area contributed by atoms with Crippen molar-refractivity contribution in [3.63, 3.8) is 0 Å². The van der Waals surface area contributed by atoms with Crippen molar-refractivity contribution >= 4 is 17.2 Å². The standard InChI is InChI=1S/C13H23N3OS/c1-4-16(10-11-6-5-9-18-11)8-7-13(2,3)12(14)15-17/h5-6,9,17H,4,7-8,10H2,1-3H3,(H2,14,15). The summed E-state index contributed by atoms with van der Waals surface area (Å²) in [4.78, 5) is 3.75. The summed E-state index contributed by atoms with van der Waals surface area (Å²) in [7, 11) is 0. The summed E-state index contributed by atoms with van der Waals surface area (Å²) >= 11 is 1.78. The summed E-state index contributed by atoms with van der Waals surface area (Å²) in [6.07, 6.45) is 0.877. The summed E-state index contributed by atoms with van der Waals surface area (Å²) in [5.74, 6) is 0.301. The van der Waals surface area contributed by atoms with Gasteiger partial charge < -0.3 is 10.9 Å². The third kappa shape index (κ3) is 4.31. The average molecular weight is 269 g/mol. The molecule has 102 valence electrons. The fourth-order valence-corrected chi connectivity index (χ4v) is 2.42. The van der Waals surface area contributed by atoms with Crippen molar-refractivity contribution in [1.82, 2.24) is 4.90 Å². The molecule has 5 heteroatoms. The van der Waals surface area contributed by atoms with E-state index in [1.807, 2.05) is 13.8 Å². The highest BCUT2D eigenvalue weighted by atomic mass is 32.1. The van der Waals surface area contributed by atoms with Gasteiger partial charge in [-0.3, -0.25) is 4.90 Å². The zero-order valence-electron chi connectivity index (χ0n) is 11.4. The fourth-order valence-electron chi connectivity index (χ4n) is 1.67. The van der Waals surface area contributed by atoms with Crippen LogP contribution < -0.4 is 5.73 Å². The second kappa shape index (κ2) is 6.75. The van der Waals surface area contributed by atoms with Gasteiger partial charge in [0.25, 0.3) is 0 Å². The molecule has 0 saturated heterocycles. The Morgan fingerprint density at radius 2 is 2.28 bits per heavy atom. The smallest absolute Gasteiger partial charge is 0.144 e. The summed E-state index contributed by atoms with van der Waals surface area (Å²) < 4.78 is 0. The van der Waals surface area contributed by atoms with Crippen LogP contribution in [0.25, 0.3) is 0 Å². The van der Waals surface area contributed by atoms with E-state index in [4.69, 9.17) is 10.9 Å². The number of nitrogens with zero attached hydrogens (tertiary/aromatic N) is 2. The van der Waals surface area contributed by atoms with Crippen molar-refractivity contribution in [1.29, 1.82) is 0 Å². The van der Waals surface area contributed by atoms with Crippen LogP contribution in [-0.4, -0.2) is 29.0 Å². The van der Waals surface area contributed by atoms with Crippen molar-refractivity contribution in [3.05, 3.63) is 22.4 Å². The molecule has 1 aromatic rings. The highest BCUT2D eigenvalue weighted by Gasteiger charge is 2.24. The van der Waals surface area contributed by atoms with Gasteiger partial charge in [-0.2, -0.15) is 0 Å². The Kier molecular flexibility index (Phi) is 5.62. The molecule has 0 amide bonds. The molecule has 0 fully saturated rings. The Labute approximate surface area is 113 Å². The predicted octanol–water partition coefficient (Wildman–Crippen LogP) is 2.73. The second-order valence-corrected chi connectivity index (χ2v) is 6.10. The van der Waals surface area contributed by atoms with Crippen molar-refractivity contribution in [2.45, 2.75) is 33.7 Å². The minimum Gasteiger partial charge on any atom is -0.409 e. The van der Waals surface area contributed by atoms with Crippen molar-refractivity contribution in [2.24, 2.45) is 16.3 Å². The van der Waals surface area contributed by atoms with Crippen molar-refractivity contribution in [2.75, 3.05) is 13.1 Å². The van der Waals surface area contributed by atoms with Gasteiger partial charge in [0.15, 0.2) is 0 Å². The van der Waals surface area contributed by atoms with Gasteiger partial charge in [-0.05, 0) is 31.0 Å². The van der Waals surface area contributed by atoms with Gasteiger partial charge in [0, 0.05) is 16.8 Å². The first kappa shape index (κ1) is 15.0. The molecule has 0 aliphatic heterocycles. The van der Waals surface area contributed by atoms with Gasteiger partial charge >= 0.3 is 0 Å². The molecule has 0 spiro atoms. The monoisotopic (exact) mass is 269 g/mol. The van der Waals surface area contributed by atoms with Crippen LogP contribution in [0.3, 0.4) is 0 Å². The first-order valence-corrected chi connectivity index (χ1v) is 7.10. The van der Waals surface area contributed by atoms with Gasteiger partial charge in [-0.1, -0.05) is 32.0 Å². The summed E-state index contributed by atoms with van der Waals surface area (Å²) in [6.45, 7) is 9.08. The van der Waals surface area contributed by atoms with Gasteiger partial charge in [0.1, 0.15) is 5.84 Å². The Balaban J connectivity index is 2.49. The molecule has 0 aliphatic carbocycles. The lowest BCUT2D eigenvalue weighted by atomic mass is 9.88. The predicted molar refractivity (Wildman–Crippen MR) is 77.1 cm³/mol. The quantitative estimate of drug-likeness (QED) is 0.346. The van der Waals surface area contributed by atoms with E-state index in [1.165, 1.54) is 4.88 Å². The van der Waals surface area contributed by atoms with Gasteiger partial charge in [0.05, 0.1) is 0 Å². The van der Waals surface area contributed by atoms with Crippen LogP contribution in [0.5, 0.6) is 0 Å². The molecule has 0 radical (unpaired) electrons. The molecule has 4 nitrogen and oxygen atoms in total. The number of amidine groups is 1. The summed E-state index contributed by atoms with van der Waals surface area (Å²) in [5.41, 5.74) is 5.43. The number of thiophene rings is 1. The number of nitrogens with two attached hydrogens (primary N) is 1. The molecule has 18 heavy (non-hydrogen) atoms. The van der Waals surface area contributed by atoms with Crippen LogP contribution in [-0.2, 0) is 6.54 Å². The van der Waals surface area contributed by atoms with E-state index in [0.717, 1.165) is 26.1 Å². The average Bonchev–Trinajstić information content (AvgIpc) is 2.86. The normalized spacial score (nSPS) is 13.2. The van der Waals surface area contributed by atoms with Crippen molar-refractivity contribution in [3.8, 4) is 0 Å². The molecule has 0 aliphatic rings. The lowest BCUT2D eigenvalue weighted by Crippen LogP contribution is -2.36. The highest BCUT2D eigenvalue weighted by molar-refractivity contribution is 7.09. The van der Waals surface area contributed by atoms with Crippen LogP contribution in [0.15, 0.2) is 22.7 Å². The molecule has 0 aromatic carbocycles. The zero-order valence-corrected chi connectivity index (χ0v) is 12.2. The highest BCUT2D eigenvalue weighted by Crippen LogP contribution is 2.21. The summed E-state index contributed by atoms with van der Waals surface area (Å²) in [6, 6.07) is 4.23. The van der Waals surface area contributed by atoms with Crippen LogP contribution in [0.4, 0.5) is 0 Å². The van der Waals surface area contributed by atoms with Crippen LogP contribution in [0.1, 0.15) is 32.1 Å². The Hall–Kier alpha value is -1.07. The fraction of sp³-hybridized carbons (Fsp3) is 0.615. The van der Waals surface area contributed by atoms with E-state index < -0.39 is 0 Å². The van der Waals surface area contributed by atoms with Crippen LogP contribution >= 0.6 is 11.3 Å². The molecule has 0 saturated carbocycles. The van der Waals surface area contributed by atoms with Gasteiger partial charge in [-0.25, -0.2) is 0 Å². The molecule has 1 aromatic heterocycles. The van der Waals surface area contributed by atoms with E-state index >= 15 is 0 Å². The number of oxime groups is 1. The van der Waals surface area contributed by atoms with Crippen LogP contribution in [0, 0.1) is 5.41 Å². The number of hydrogen-bond donors (Lipinski definition) is 2. The molecule has 0 unspecified atom stereocenters. The van der Waals surface area contributed by atoms with E-state index in [0.29, 0.717) is 5.84 Å². The topological polar surface area (TPSA) is 61.8 Å². The van der Waals surface area contributed by atoms with E-state index in [-0.39, 0.29) is 5.41 Å². The van der Waals surface area contributed by atoms with E-state index in [1.54, 1.807) is 11.3 Å². The minimum atomic E-state index is -0.266. The maximum atomic E-state index is 8.75. The molecular formula is C13H23N3OS. The molecule has 3 N–H and O–H groups in total. The molecule has 1 heterocycles. The molecule has 1 rings (SSSR count). The van der Waals surface area contributed by atoms with E-state index in [9.17, 15) is 0 Å². The maximum Gasteiger partial charge on any atom is 0.144 e. The van der Waals surface area contributed by atoms with E-state index in [2.05, 4.69) is 34.5 Å². The number of rotatable bonds is 7. The first-order chi connectivity index (χ1) is 8.49. The minimum absolute atomic E-state index is 0.266. The maximum absolute atomic E-state index is 8.75. The molecular weight excluding hydrogens is 246 g/mol. The Bertz CT molecular complexity index is 374. The third-order valence-electron chi connectivity index (χ3n) is 3.26. The van der Waals surface area contributed by atoms with Crippen molar-refractivity contribution < 1.29 is 5.21 Å². The second-order valence-electron chi connectivity index (χ2n) is 5.07. The van der Waals surface area contributed by atoms with Gasteiger partial charge in [-0.15, -0.1) is 11.3 Å². The lowest BCUT2D eigenvalue weighted by molar-refractivity contribution is 0.245. The number of hydrogen-bond acceptors (Lipinski definition) is 4. The summed E-state index contributed by atoms with van der Waals surface area (Å²) in [5, 5.41) is 14.0. The Morgan fingerprint density at radius 1 is 1.56 bits per heavy atom. The van der Waals surface area contributed by atoms with Gasteiger partial charge in [0.2, 0.25) is 0 Å². The third-order valence-corrected chi connectivity index (χ3v) is 4.12. The molecule has 0 atom stereocenters. The first-order valence-electron chi connectivity index (χ1n) is 6.22. The molecule has 0 bridgehead atoms. The SMILES string of the molecule is CCN(CCC(C)(C)C(N)=NO)Cc1cccs1. The lowest BCUT2D eigenvalue weighted by Gasteiger charge is -2.27. The Morgan fingerprint density at radius 3 is 2.78 bits per heavy atom. The largest absolute Gasteiger partial charge is 0.409 e. The zero-order chi connectivity index (χ0) is 13.6.